The zero-order valence-electron chi connectivity index (χ0n) is 16.4. The van der Waals surface area contributed by atoms with Gasteiger partial charge < -0.3 is 19.9 Å². The highest BCUT2D eigenvalue weighted by atomic mass is 35.5. The van der Waals surface area contributed by atoms with Crippen LogP contribution in [0.4, 0.5) is 0 Å². The first-order valence-corrected chi connectivity index (χ1v) is 10.5. The van der Waals surface area contributed by atoms with E-state index in [0.717, 1.165) is 16.7 Å². The third-order valence-electron chi connectivity index (χ3n) is 4.51. The zero-order valence-corrected chi connectivity index (χ0v) is 18.6. The van der Waals surface area contributed by atoms with Gasteiger partial charge in [-0.25, -0.2) is 0 Å². The van der Waals surface area contributed by atoms with Gasteiger partial charge >= 0.3 is 0 Å². The normalized spacial score (nSPS) is 11.9. The minimum atomic E-state index is -0.586. The molecule has 2 N–H and O–H groups in total. The molecule has 3 aromatic rings. The van der Waals surface area contributed by atoms with E-state index < -0.39 is 6.10 Å². The smallest absolute Gasteiger partial charge is 0.180 e. The number of aliphatic hydroxyl groups is 1. The van der Waals surface area contributed by atoms with E-state index in [1.54, 1.807) is 19.2 Å². The zero-order chi connectivity index (χ0) is 21.5. The van der Waals surface area contributed by atoms with Gasteiger partial charge in [-0.2, -0.15) is 0 Å². The molecule has 0 bridgehead atoms. The Morgan fingerprint density at radius 1 is 0.900 bits per heavy atom. The summed E-state index contributed by atoms with van der Waals surface area (Å²) in [5, 5.41) is 14.9. The molecule has 158 valence electrons. The van der Waals surface area contributed by atoms with Gasteiger partial charge in [-0.05, 0) is 41.0 Å². The minimum Gasteiger partial charge on any atom is -0.493 e. The molecular weight excluding hydrogens is 445 g/mol. The lowest BCUT2D eigenvalue weighted by molar-refractivity contribution is 0.174. The second kappa shape index (κ2) is 10.9. The molecular formula is C23H22Cl3NO3. The van der Waals surface area contributed by atoms with Crippen LogP contribution < -0.4 is 14.8 Å². The highest BCUT2D eigenvalue weighted by molar-refractivity contribution is 6.42. The van der Waals surface area contributed by atoms with Gasteiger partial charge in [0.15, 0.2) is 11.5 Å². The molecule has 0 aromatic heterocycles. The van der Waals surface area contributed by atoms with Gasteiger partial charge in [-0.3, -0.25) is 0 Å². The van der Waals surface area contributed by atoms with Crippen molar-refractivity contribution in [1.29, 1.82) is 0 Å². The monoisotopic (exact) mass is 465 g/mol. The molecule has 30 heavy (non-hydrogen) atoms. The first-order chi connectivity index (χ1) is 14.5. The summed E-state index contributed by atoms with van der Waals surface area (Å²) in [4.78, 5) is 0. The van der Waals surface area contributed by atoms with E-state index in [-0.39, 0.29) is 6.61 Å². The molecule has 0 radical (unpaired) electrons. The molecule has 0 aliphatic rings. The van der Waals surface area contributed by atoms with E-state index in [0.29, 0.717) is 39.7 Å². The summed E-state index contributed by atoms with van der Waals surface area (Å²) < 4.78 is 11.3. The summed E-state index contributed by atoms with van der Waals surface area (Å²) in [5.41, 5.74) is 2.65. The predicted molar refractivity (Wildman–Crippen MR) is 122 cm³/mol. The Kier molecular flexibility index (Phi) is 8.25. The minimum absolute atomic E-state index is 0.272. The SMILES string of the molecule is COc1cc(CNCC(O)c2ccccc2)cc(Cl)c1OCc1ccc(Cl)c(Cl)c1. The summed E-state index contributed by atoms with van der Waals surface area (Å²) in [6, 6.07) is 18.5. The summed E-state index contributed by atoms with van der Waals surface area (Å²) >= 11 is 18.4. The lowest BCUT2D eigenvalue weighted by Gasteiger charge is -2.16. The fraction of sp³-hybridized carbons (Fsp3) is 0.217. The lowest BCUT2D eigenvalue weighted by atomic mass is 10.1. The van der Waals surface area contributed by atoms with E-state index in [9.17, 15) is 5.11 Å². The Labute approximate surface area is 191 Å². The topological polar surface area (TPSA) is 50.7 Å². The standard InChI is InChI=1S/C23H22Cl3NO3/c1-29-22-11-16(12-27-13-21(28)17-5-3-2-4-6-17)10-20(26)23(22)30-14-15-7-8-18(24)19(25)9-15/h2-11,21,27-28H,12-14H2,1H3. The molecule has 0 amide bonds. The van der Waals surface area contributed by atoms with Crippen molar-refractivity contribution in [2.24, 2.45) is 0 Å². The highest BCUT2D eigenvalue weighted by Gasteiger charge is 2.13. The first-order valence-electron chi connectivity index (χ1n) is 9.34. The number of methoxy groups -OCH3 is 1. The van der Waals surface area contributed by atoms with Gasteiger partial charge in [-0.15, -0.1) is 0 Å². The fourth-order valence-electron chi connectivity index (χ4n) is 2.95. The van der Waals surface area contributed by atoms with Gasteiger partial charge in [0.1, 0.15) is 6.61 Å². The van der Waals surface area contributed by atoms with Gasteiger partial charge in [-0.1, -0.05) is 71.2 Å². The average molecular weight is 467 g/mol. The van der Waals surface area contributed by atoms with E-state index >= 15 is 0 Å². The number of rotatable bonds is 9. The van der Waals surface area contributed by atoms with Crippen molar-refractivity contribution in [1.82, 2.24) is 5.32 Å². The molecule has 0 saturated carbocycles. The predicted octanol–water partition coefficient (Wildman–Crippen LogP) is 6.06. The van der Waals surface area contributed by atoms with Crippen molar-refractivity contribution in [2.75, 3.05) is 13.7 Å². The maximum atomic E-state index is 10.3. The van der Waals surface area contributed by atoms with Crippen LogP contribution in [0, 0.1) is 0 Å². The highest BCUT2D eigenvalue weighted by Crippen LogP contribution is 2.37. The fourth-order valence-corrected chi connectivity index (χ4v) is 3.56. The molecule has 7 heteroatoms. The number of nitrogens with one attached hydrogen (secondary N) is 1. The summed E-state index contributed by atoms with van der Waals surface area (Å²) in [6.45, 7) is 1.21. The van der Waals surface area contributed by atoms with Gasteiger partial charge in [0.05, 0.1) is 28.3 Å². The van der Waals surface area contributed by atoms with Crippen LogP contribution in [0.15, 0.2) is 60.7 Å². The third-order valence-corrected chi connectivity index (χ3v) is 5.53. The molecule has 3 aromatic carbocycles. The summed E-state index contributed by atoms with van der Waals surface area (Å²) in [6.07, 6.45) is -0.586. The van der Waals surface area contributed by atoms with Gasteiger partial charge in [0.25, 0.3) is 0 Å². The molecule has 0 saturated heterocycles. The van der Waals surface area contributed by atoms with Crippen LogP contribution in [-0.4, -0.2) is 18.8 Å². The van der Waals surface area contributed by atoms with Crippen molar-refractivity contribution in [3.63, 3.8) is 0 Å². The van der Waals surface area contributed by atoms with E-state index in [4.69, 9.17) is 44.3 Å². The molecule has 0 fully saturated rings. The van der Waals surface area contributed by atoms with Crippen LogP contribution >= 0.6 is 34.8 Å². The molecule has 1 atom stereocenters. The van der Waals surface area contributed by atoms with Gasteiger partial charge in [0, 0.05) is 13.1 Å². The van der Waals surface area contributed by atoms with Crippen molar-refractivity contribution in [3.05, 3.63) is 92.4 Å². The second-order valence-corrected chi connectivity index (χ2v) is 7.93. The number of ether oxygens (including phenoxy) is 2. The van der Waals surface area contributed by atoms with Crippen LogP contribution in [0.5, 0.6) is 11.5 Å². The molecule has 0 aliphatic carbocycles. The van der Waals surface area contributed by atoms with Crippen LogP contribution in [-0.2, 0) is 13.2 Å². The maximum absolute atomic E-state index is 10.3. The number of hydrogen-bond acceptors (Lipinski definition) is 4. The van der Waals surface area contributed by atoms with E-state index in [1.165, 1.54) is 0 Å². The van der Waals surface area contributed by atoms with Crippen molar-refractivity contribution in [3.8, 4) is 11.5 Å². The van der Waals surface area contributed by atoms with Crippen molar-refractivity contribution < 1.29 is 14.6 Å². The average Bonchev–Trinajstić information content (AvgIpc) is 2.75. The Morgan fingerprint density at radius 3 is 2.33 bits per heavy atom. The molecule has 0 aliphatic heterocycles. The Morgan fingerprint density at radius 2 is 1.63 bits per heavy atom. The molecule has 4 nitrogen and oxygen atoms in total. The number of hydrogen-bond donors (Lipinski definition) is 2. The van der Waals surface area contributed by atoms with Crippen LogP contribution in [0.3, 0.4) is 0 Å². The van der Waals surface area contributed by atoms with Gasteiger partial charge in [0.2, 0.25) is 0 Å². The van der Waals surface area contributed by atoms with Crippen LogP contribution in [0.25, 0.3) is 0 Å². The number of aliphatic hydroxyl groups excluding tert-OH is 1. The quantitative estimate of drug-likeness (QED) is 0.402. The van der Waals surface area contributed by atoms with E-state index in [1.807, 2.05) is 48.5 Å². The molecule has 0 heterocycles. The summed E-state index contributed by atoms with van der Waals surface area (Å²) in [7, 11) is 1.56. The van der Waals surface area contributed by atoms with Crippen molar-refractivity contribution in [2.45, 2.75) is 19.3 Å². The van der Waals surface area contributed by atoms with Crippen LogP contribution in [0.1, 0.15) is 22.8 Å². The number of halogens is 3. The Hall–Kier alpha value is -1.95. The molecule has 0 spiro atoms. The lowest BCUT2D eigenvalue weighted by Crippen LogP contribution is -2.21. The van der Waals surface area contributed by atoms with Crippen LogP contribution in [0.2, 0.25) is 15.1 Å². The van der Waals surface area contributed by atoms with Crippen molar-refractivity contribution >= 4 is 34.8 Å². The Bertz CT molecular complexity index is 983. The Balaban J connectivity index is 1.62. The van der Waals surface area contributed by atoms with E-state index in [2.05, 4.69) is 5.32 Å². The largest absolute Gasteiger partial charge is 0.493 e. The maximum Gasteiger partial charge on any atom is 0.180 e. The number of benzene rings is 3. The first kappa shape index (κ1) is 22.7. The molecule has 3 rings (SSSR count). The molecule has 1 unspecified atom stereocenters. The summed E-state index contributed by atoms with van der Waals surface area (Å²) in [5.74, 6) is 0.987. The second-order valence-electron chi connectivity index (χ2n) is 6.70. The third kappa shape index (κ3) is 6.03.